The highest BCUT2D eigenvalue weighted by atomic mass is 14.5. The van der Waals surface area contributed by atoms with Crippen LogP contribution in [-0.2, 0) is 0 Å². The Balaban J connectivity index is 1.65. The molecule has 6 atom stereocenters. The van der Waals surface area contributed by atoms with Gasteiger partial charge in [0.05, 0.1) is 0 Å². The molecule has 0 aromatic carbocycles. The van der Waals surface area contributed by atoms with E-state index in [4.69, 9.17) is 0 Å². The van der Waals surface area contributed by atoms with Crippen molar-refractivity contribution in [1.82, 2.24) is 0 Å². The lowest BCUT2D eigenvalue weighted by Gasteiger charge is -2.41. The first-order valence-corrected chi connectivity index (χ1v) is 6.65. The van der Waals surface area contributed by atoms with Crippen LogP contribution >= 0.6 is 0 Å². The zero-order chi connectivity index (χ0) is 10.3. The Bertz CT molecular complexity index is 192. The predicted molar refractivity (Wildman–Crippen MR) is 62.1 cm³/mol. The Labute approximate surface area is 89.5 Å². The summed E-state index contributed by atoms with van der Waals surface area (Å²) < 4.78 is 0. The van der Waals surface area contributed by atoms with E-state index in [0.29, 0.717) is 0 Å². The molecule has 2 saturated carbocycles. The van der Waals surface area contributed by atoms with Gasteiger partial charge in [0.25, 0.3) is 0 Å². The summed E-state index contributed by atoms with van der Waals surface area (Å²) >= 11 is 0. The molecular weight excluding hydrogens is 168 g/mol. The quantitative estimate of drug-likeness (QED) is 0.624. The van der Waals surface area contributed by atoms with Gasteiger partial charge >= 0.3 is 0 Å². The lowest BCUT2D eigenvalue weighted by molar-refractivity contribution is 0.0909. The van der Waals surface area contributed by atoms with Gasteiger partial charge < -0.3 is 0 Å². The number of hydrogen-bond donors (Lipinski definition) is 0. The second-order valence-corrected chi connectivity index (χ2v) is 6.00. The lowest BCUT2D eigenvalue weighted by atomic mass is 9.65. The molecule has 0 aromatic rings. The van der Waals surface area contributed by atoms with Crippen molar-refractivity contribution >= 4 is 0 Å². The SMILES string of the molecule is CCC1C(C)C1CCC1CC(C)C1C. The van der Waals surface area contributed by atoms with Crippen molar-refractivity contribution in [3.63, 3.8) is 0 Å². The second-order valence-electron chi connectivity index (χ2n) is 6.00. The van der Waals surface area contributed by atoms with Crippen LogP contribution in [0.2, 0.25) is 0 Å². The topological polar surface area (TPSA) is 0 Å². The maximum absolute atomic E-state index is 2.45. The molecule has 0 saturated heterocycles. The molecule has 0 amide bonds. The minimum absolute atomic E-state index is 1.01. The van der Waals surface area contributed by atoms with Gasteiger partial charge in [-0.25, -0.2) is 0 Å². The number of hydrogen-bond acceptors (Lipinski definition) is 0. The third-order valence-corrected chi connectivity index (χ3v) is 5.42. The van der Waals surface area contributed by atoms with E-state index in [1.54, 1.807) is 0 Å². The van der Waals surface area contributed by atoms with Crippen molar-refractivity contribution in [1.29, 1.82) is 0 Å². The number of rotatable bonds is 4. The molecule has 0 spiro atoms. The van der Waals surface area contributed by atoms with E-state index in [1.165, 1.54) is 25.7 Å². The predicted octanol–water partition coefficient (Wildman–Crippen LogP) is 4.35. The van der Waals surface area contributed by atoms with Crippen LogP contribution in [0, 0.1) is 35.5 Å². The first-order chi connectivity index (χ1) is 6.65. The Morgan fingerprint density at radius 1 is 0.929 bits per heavy atom. The standard InChI is InChI=1S/C14H26/c1-5-13-11(4)14(13)7-6-12-8-9(2)10(12)3/h9-14H,5-8H2,1-4H3. The molecule has 2 fully saturated rings. The van der Waals surface area contributed by atoms with Crippen LogP contribution in [0.15, 0.2) is 0 Å². The maximum atomic E-state index is 2.45. The average molecular weight is 194 g/mol. The Morgan fingerprint density at radius 2 is 1.64 bits per heavy atom. The molecule has 2 aliphatic carbocycles. The molecule has 0 aliphatic heterocycles. The van der Waals surface area contributed by atoms with Gasteiger partial charge in [-0.05, 0) is 54.8 Å². The zero-order valence-electron chi connectivity index (χ0n) is 10.3. The zero-order valence-corrected chi connectivity index (χ0v) is 10.3. The summed E-state index contributed by atoms with van der Waals surface area (Å²) in [6.45, 7) is 9.67. The summed E-state index contributed by atoms with van der Waals surface area (Å²) in [5.74, 6) is 6.34. The molecule has 0 nitrogen and oxygen atoms in total. The van der Waals surface area contributed by atoms with E-state index in [1.807, 2.05) is 0 Å². The van der Waals surface area contributed by atoms with Crippen molar-refractivity contribution in [2.45, 2.75) is 53.4 Å². The van der Waals surface area contributed by atoms with Crippen LogP contribution in [0.4, 0.5) is 0 Å². The highest BCUT2D eigenvalue weighted by molar-refractivity contribution is 4.94. The molecule has 0 radical (unpaired) electrons. The summed E-state index contributed by atoms with van der Waals surface area (Å²) in [5, 5.41) is 0. The van der Waals surface area contributed by atoms with E-state index in [0.717, 1.165) is 35.5 Å². The first-order valence-electron chi connectivity index (χ1n) is 6.65. The fourth-order valence-corrected chi connectivity index (χ4v) is 3.75. The fraction of sp³-hybridized carbons (Fsp3) is 1.00. The smallest absolute Gasteiger partial charge is 0.0355 e. The summed E-state index contributed by atoms with van der Waals surface area (Å²) in [4.78, 5) is 0. The molecular formula is C14H26. The third-order valence-electron chi connectivity index (χ3n) is 5.42. The molecule has 82 valence electrons. The maximum Gasteiger partial charge on any atom is -0.0355 e. The van der Waals surface area contributed by atoms with Gasteiger partial charge in [0.15, 0.2) is 0 Å². The van der Waals surface area contributed by atoms with Crippen molar-refractivity contribution < 1.29 is 0 Å². The van der Waals surface area contributed by atoms with Crippen LogP contribution in [0.3, 0.4) is 0 Å². The van der Waals surface area contributed by atoms with Gasteiger partial charge in [0.1, 0.15) is 0 Å². The van der Waals surface area contributed by atoms with Gasteiger partial charge in [-0.2, -0.15) is 0 Å². The normalized spacial score (nSPS) is 51.4. The van der Waals surface area contributed by atoms with Gasteiger partial charge in [-0.3, -0.25) is 0 Å². The Hall–Kier alpha value is 0. The minimum Gasteiger partial charge on any atom is -0.0651 e. The lowest BCUT2D eigenvalue weighted by Crippen LogP contribution is -2.32. The van der Waals surface area contributed by atoms with E-state index in [-0.39, 0.29) is 0 Å². The first kappa shape index (κ1) is 10.5. The Morgan fingerprint density at radius 3 is 2.07 bits per heavy atom. The van der Waals surface area contributed by atoms with E-state index in [2.05, 4.69) is 27.7 Å². The molecule has 0 N–H and O–H groups in total. The fourth-order valence-electron chi connectivity index (χ4n) is 3.75. The molecule has 14 heavy (non-hydrogen) atoms. The van der Waals surface area contributed by atoms with Crippen molar-refractivity contribution in [2.75, 3.05) is 0 Å². The van der Waals surface area contributed by atoms with Crippen LogP contribution in [0.1, 0.15) is 53.4 Å². The summed E-state index contributed by atoms with van der Waals surface area (Å²) in [7, 11) is 0. The molecule has 0 heteroatoms. The van der Waals surface area contributed by atoms with Crippen LogP contribution in [0.5, 0.6) is 0 Å². The molecule has 0 bridgehead atoms. The summed E-state index contributed by atoms with van der Waals surface area (Å²) in [6.07, 6.45) is 5.99. The summed E-state index contributed by atoms with van der Waals surface area (Å²) in [6, 6.07) is 0. The van der Waals surface area contributed by atoms with Gasteiger partial charge in [-0.1, -0.05) is 34.1 Å². The minimum atomic E-state index is 1.01. The molecule has 0 heterocycles. The molecule has 2 aliphatic rings. The largest absolute Gasteiger partial charge is 0.0651 e. The van der Waals surface area contributed by atoms with Gasteiger partial charge in [0, 0.05) is 0 Å². The monoisotopic (exact) mass is 194 g/mol. The third kappa shape index (κ3) is 1.73. The van der Waals surface area contributed by atoms with Crippen LogP contribution in [-0.4, -0.2) is 0 Å². The van der Waals surface area contributed by atoms with Crippen molar-refractivity contribution in [2.24, 2.45) is 35.5 Å². The Kier molecular flexibility index (Phi) is 2.91. The van der Waals surface area contributed by atoms with E-state index < -0.39 is 0 Å². The second kappa shape index (κ2) is 3.87. The van der Waals surface area contributed by atoms with Crippen LogP contribution in [0.25, 0.3) is 0 Å². The molecule has 2 rings (SSSR count). The van der Waals surface area contributed by atoms with Gasteiger partial charge in [0.2, 0.25) is 0 Å². The van der Waals surface area contributed by atoms with E-state index >= 15 is 0 Å². The highest BCUT2D eigenvalue weighted by Crippen LogP contribution is 2.53. The summed E-state index contributed by atoms with van der Waals surface area (Å²) in [5.41, 5.74) is 0. The van der Waals surface area contributed by atoms with Crippen molar-refractivity contribution in [3.05, 3.63) is 0 Å². The van der Waals surface area contributed by atoms with Gasteiger partial charge in [-0.15, -0.1) is 0 Å². The van der Waals surface area contributed by atoms with Crippen LogP contribution < -0.4 is 0 Å². The van der Waals surface area contributed by atoms with E-state index in [9.17, 15) is 0 Å². The van der Waals surface area contributed by atoms with Crippen molar-refractivity contribution in [3.8, 4) is 0 Å². The average Bonchev–Trinajstić information content (AvgIpc) is 2.82. The molecule has 6 unspecified atom stereocenters. The highest BCUT2D eigenvalue weighted by Gasteiger charge is 2.45. The molecule has 0 aromatic heterocycles.